The first-order valence-corrected chi connectivity index (χ1v) is 6.39. The number of H-pyrrole nitrogens is 1. The van der Waals surface area contributed by atoms with Crippen molar-refractivity contribution in [1.82, 2.24) is 4.98 Å². The summed E-state index contributed by atoms with van der Waals surface area (Å²) in [7, 11) is -1.62. The molecular weight excluding hydrogens is 269 g/mol. The molecule has 0 amide bonds. The number of fused-ring (bicyclic) bond motifs is 1. The summed E-state index contributed by atoms with van der Waals surface area (Å²) in [6, 6.07) is 15.3. The summed E-state index contributed by atoms with van der Waals surface area (Å²) < 4.78 is 5.26. The first kappa shape index (κ1) is 13.4. The van der Waals surface area contributed by atoms with E-state index in [1.165, 1.54) is 12.1 Å². The molecule has 3 rings (SSSR count). The molecule has 21 heavy (non-hydrogen) atoms. The summed E-state index contributed by atoms with van der Waals surface area (Å²) in [6.45, 7) is 0. The molecule has 0 spiro atoms. The predicted octanol–water partition coefficient (Wildman–Crippen LogP) is 1.07. The summed E-state index contributed by atoms with van der Waals surface area (Å²) >= 11 is 0. The largest absolute Gasteiger partial charge is 0.488 e. The van der Waals surface area contributed by atoms with E-state index in [1.807, 2.05) is 24.3 Å². The van der Waals surface area contributed by atoms with Crippen molar-refractivity contribution in [2.24, 2.45) is 0 Å². The Morgan fingerprint density at radius 1 is 1.05 bits per heavy atom. The van der Waals surface area contributed by atoms with E-state index in [0.717, 1.165) is 10.9 Å². The molecule has 0 radical (unpaired) electrons. The fourth-order valence-corrected chi connectivity index (χ4v) is 2.09. The van der Waals surface area contributed by atoms with Gasteiger partial charge in [0.15, 0.2) is 0 Å². The van der Waals surface area contributed by atoms with Crippen LogP contribution >= 0.6 is 0 Å². The van der Waals surface area contributed by atoms with Crippen LogP contribution < -0.4 is 10.2 Å². The Balaban J connectivity index is 1.84. The van der Waals surface area contributed by atoms with Crippen LogP contribution in [0.15, 0.2) is 54.6 Å². The van der Waals surface area contributed by atoms with Gasteiger partial charge in [-0.25, -0.2) is 4.79 Å². The van der Waals surface area contributed by atoms with E-state index in [9.17, 15) is 4.79 Å². The molecule has 0 saturated carbocycles. The van der Waals surface area contributed by atoms with E-state index >= 15 is 0 Å². The molecule has 104 valence electrons. The fourth-order valence-electron chi connectivity index (χ4n) is 2.09. The number of hydrogen-bond acceptors (Lipinski definition) is 4. The van der Waals surface area contributed by atoms with Crippen molar-refractivity contribution in [3.05, 3.63) is 60.2 Å². The van der Waals surface area contributed by atoms with Gasteiger partial charge in [0.05, 0.1) is 5.56 Å². The van der Waals surface area contributed by atoms with E-state index < -0.39 is 13.1 Å². The maximum absolute atomic E-state index is 12.1. The summed E-state index contributed by atoms with van der Waals surface area (Å²) in [5.41, 5.74) is 1.36. The highest BCUT2D eigenvalue weighted by Gasteiger charge is 2.15. The van der Waals surface area contributed by atoms with Gasteiger partial charge < -0.3 is 19.8 Å². The number of ether oxygens (including phenoxy) is 1. The first-order valence-electron chi connectivity index (χ1n) is 6.39. The predicted molar refractivity (Wildman–Crippen MR) is 79.5 cm³/mol. The number of esters is 1. The number of benzene rings is 2. The van der Waals surface area contributed by atoms with Crippen LogP contribution in [0.2, 0.25) is 0 Å². The molecule has 2 aromatic carbocycles. The number of nitrogens with one attached hydrogen (secondary N) is 1. The van der Waals surface area contributed by atoms with Crippen LogP contribution in [0.25, 0.3) is 10.9 Å². The summed E-state index contributed by atoms with van der Waals surface area (Å²) in [4.78, 5) is 15.1. The molecule has 0 saturated heterocycles. The molecule has 6 heteroatoms. The Morgan fingerprint density at radius 3 is 2.62 bits per heavy atom. The van der Waals surface area contributed by atoms with Crippen LogP contribution in [-0.4, -0.2) is 28.1 Å². The quantitative estimate of drug-likeness (QED) is 0.495. The van der Waals surface area contributed by atoms with Gasteiger partial charge in [0.25, 0.3) is 0 Å². The molecule has 1 aromatic heterocycles. The lowest BCUT2D eigenvalue weighted by molar-refractivity contribution is 0.0729. The van der Waals surface area contributed by atoms with Gasteiger partial charge in [-0.05, 0) is 23.7 Å². The third-order valence-corrected chi connectivity index (χ3v) is 3.13. The van der Waals surface area contributed by atoms with E-state index in [4.69, 9.17) is 14.8 Å². The first-order chi connectivity index (χ1) is 10.1. The van der Waals surface area contributed by atoms with E-state index in [1.54, 1.807) is 18.2 Å². The molecule has 0 aliphatic heterocycles. The van der Waals surface area contributed by atoms with Crippen LogP contribution in [0, 0.1) is 0 Å². The SMILES string of the molecule is O=C(Oc1cc2ccccc2[nH]1)c1cccc(B(O)O)c1. The average Bonchev–Trinajstić information content (AvgIpc) is 2.89. The second-order valence-corrected chi connectivity index (χ2v) is 4.61. The number of carbonyl (C=O) groups is 1. The molecule has 5 nitrogen and oxygen atoms in total. The van der Waals surface area contributed by atoms with Crippen LogP contribution in [0.1, 0.15) is 10.4 Å². The molecule has 1 heterocycles. The number of aromatic amines is 1. The molecule has 3 aromatic rings. The van der Waals surface area contributed by atoms with Gasteiger partial charge in [0.2, 0.25) is 5.88 Å². The van der Waals surface area contributed by atoms with Crippen molar-refractivity contribution in [2.75, 3.05) is 0 Å². The Hall–Kier alpha value is -2.57. The minimum atomic E-state index is -1.62. The highest BCUT2D eigenvalue weighted by Crippen LogP contribution is 2.20. The lowest BCUT2D eigenvalue weighted by Gasteiger charge is -2.04. The fraction of sp³-hybridized carbons (Fsp3) is 0. The van der Waals surface area contributed by atoms with Gasteiger partial charge in [0, 0.05) is 17.0 Å². The summed E-state index contributed by atoms with van der Waals surface area (Å²) in [6.07, 6.45) is 0. The minimum absolute atomic E-state index is 0.237. The lowest BCUT2D eigenvalue weighted by Crippen LogP contribution is -2.30. The van der Waals surface area contributed by atoms with Crippen LogP contribution in [-0.2, 0) is 0 Å². The molecule has 0 bridgehead atoms. The average molecular weight is 281 g/mol. The van der Waals surface area contributed by atoms with Crippen LogP contribution in [0.3, 0.4) is 0 Å². The molecule has 0 unspecified atom stereocenters. The molecule has 0 aliphatic carbocycles. The highest BCUT2D eigenvalue weighted by molar-refractivity contribution is 6.58. The summed E-state index contributed by atoms with van der Waals surface area (Å²) in [5.74, 6) is -0.222. The van der Waals surface area contributed by atoms with Crippen molar-refractivity contribution in [2.45, 2.75) is 0 Å². The van der Waals surface area contributed by atoms with Gasteiger partial charge in [0.1, 0.15) is 0 Å². The standard InChI is InChI=1S/C15H12BNO4/c18-15(11-5-3-6-12(8-11)16(19)20)21-14-9-10-4-1-2-7-13(10)17-14/h1-9,17,19-20H. The Kier molecular flexibility index (Phi) is 3.47. The van der Waals surface area contributed by atoms with Gasteiger partial charge >= 0.3 is 13.1 Å². The third-order valence-electron chi connectivity index (χ3n) is 3.13. The second-order valence-electron chi connectivity index (χ2n) is 4.61. The van der Waals surface area contributed by atoms with Gasteiger partial charge in [-0.15, -0.1) is 0 Å². The van der Waals surface area contributed by atoms with Crippen molar-refractivity contribution >= 4 is 29.5 Å². The molecule has 0 atom stereocenters. The van der Waals surface area contributed by atoms with E-state index in [-0.39, 0.29) is 11.0 Å². The zero-order valence-corrected chi connectivity index (χ0v) is 11.0. The number of hydrogen-bond donors (Lipinski definition) is 3. The van der Waals surface area contributed by atoms with E-state index in [2.05, 4.69) is 4.98 Å². The highest BCUT2D eigenvalue weighted by atomic mass is 16.5. The number of aromatic nitrogens is 1. The molecule has 0 aliphatic rings. The van der Waals surface area contributed by atoms with Crippen molar-refractivity contribution in [1.29, 1.82) is 0 Å². The monoisotopic (exact) mass is 281 g/mol. The van der Waals surface area contributed by atoms with Crippen molar-refractivity contribution in [3.63, 3.8) is 0 Å². The lowest BCUT2D eigenvalue weighted by atomic mass is 9.80. The second kappa shape index (κ2) is 5.44. The Labute approximate surface area is 121 Å². The van der Waals surface area contributed by atoms with E-state index in [0.29, 0.717) is 5.88 Å². The minimum Gasteiger partial charge on any atom is -0.423 e. The number of rotatable bonds is 3. The zero-order valence-electron chi connectivity index (χ0n) is 11.0. The van der Waals surface area contributed by atoms with Crippen molar-refractivity contribution < 1.29 is 19.6 Å². The molecular formula is C15H12BNO4. The zero-order chi connectivity index (χ0) is 14.8. The smallest absolute Gasteiger partial charge is 0.423 e. The topological polar surface area (TPSA) is 82.6 Å². The van der Waals surface area contributed by atoms with Gasteiger partial charge in [-0.2, -0.15) is 0 Å². The molecule has 3 N–H and O–H groups in total. The van der Waals surface area contributed by atoms with Gasteiger partial charge in [-0.3, -0.25) is 0 Å². The van der Waals surface area contributed by atoms with Crippen molar-refractivity contribution in [3.8, 4) is 5.88 Å². The maximum atomic E-state index is 12.1. The number of carbonyl (C=O) groups excluding carboxylic acids is 1. The molecule has 0 fully saturated rings. The maximum Gasteiger partial charge on any atom is 0.488 e. The third kappa shape index (κ3) is 2.81. The van der Waals surface area contributed by atoms with Crippen LogP contribution in [0.5, 0.6) is 5.88 Å². The Morgan fingerprint density at radius 2 is 1.86 bits per heavy atom. The van der Waals surface area contributed by atoms with Crippen LogP contribution in [0.4, 0.5) is 0 Å². The Bertz CT molecular complexity index is 764. The summed E-state index contributed by atoms with van der Waals surface area (Å²) in [5, 5.41) is 19.2. The van der Waals surface area contributed by atoms with Gasteiger partial charge in [-0.1, -0.05) is 30.3 Å². The normalized spacial score (nSPS) is 10.6. The number of para-hydroxylation sites is 1.